The van der Waals surface area contributed by atoms with Crippen molar-refractivity contribution in [3.05, 3.63) is 68.5 Å². The Morgan fingerprint density at radius 1 is 1.11 bits per heavy atom. The maximum Gasteiger partial charge on any atom is 0.316 e. The van der Waals surface area contributed by atoms with Crippen LogP contribution in [-0.4, -0.2) is 21.4 Å². The molecule has 0 spiro atoms. The zero-order chi connectivity index (χ0) is 20.4. The molecule has 0 atom stereocenters. The number of anilines is 2. The Balaban J connectivity index is 1.94. The van der Waals surface area contributed by atoms with Gasteiger partial charge in [0.1, 0.15) is 5.82 Å². The Hall–Kier alpha value is -3.75. The number of benzene rings is 2. The van der Waals surface area contributed by atoms with Crippen LogP contribution in [0.4, 0.5) is 15.8 Å². The van der Waals surface area contributed by atoms with Gasteiger partial charge in [-0.3, -0.25) is 19.2 Å². The first-order valence-electron chi connectivity index (χ1n) is 8.45. The molecule has 0 radical (unpaired) electrons. The van der Waals surface area contributed by atoms with Gasteiger partial charge in [0.15, 0.2) is 0 Å². The minimum atomic E-state index is -0.773. The standard InChI is InChI=1S/C19H17FN4O4/c1-3-24-16-7-4-11(8-15(16)23-18(27)19(24)28)17(26)22-12-5-6-13(20)14(9-12)21-10(2)25/h4-9H,3H2,1-2H3,(H,21,25)(H,22,26)(H,23,27). The molecule has 0 aliphatic heterocycles. The SMILES string of the molecule is CCn1c(=O)c(=O)[nH]c2cc(C(=O)Nc3ccc(F)c(NC(C)=O)c3)ccc21. The zero-order valence-electron chi connectivity index (χ0n) is 15.1. The average molecular weight is 384 g/mol. The van der Waals surface area contributed by atoms with Crippen LogP contribution in [-0.2, 0) is 11.3 Å². The monoisotopic (exact) mass is 384 g/mol. The maximum atomic E-state index is 13.7. The molecule has 0 saturated carbocycles. The lowest BCUT2D eigenvalue weighted by atomic mass is 10.1. The van der Waals surface area contributed by atoms with E-state index in [0.717, 1.165) is 6.07 Å². The van der Waals surface area contributed by atoms with Crippen molar-refractivity contribution in [2.75, 3.05) is 10.6 Å². The second-order valence-corrected chi connectivity index (χ2v) is 6.07. The third-order valence-corrected chi connectivity index (χ3v) is 4.09. The third kappa shape index (κ3) is 3.68. The van der Waals surface area contributed by atoms with E-state index < -0.39 is 28.8 Å². The van der Waals surface area contributed by atoms with Gasteiger partial charge in [-0.15, -0.1) is 0 Å². The maximum absolute atomic E-state index is 13.7. The fourth-order valence-electron chi connectivity index (χ4n) is 2.83. The fraction of sp³-hybridized carbons (Fsp3) is 0.158. The van der Waals surface area contributed by atoms with E-state index in [2.05, 4.69) is 15.6 Å². The lowest BCUT2D eigenvalue weighted by Gasteiger charge is -2.11. The summed E-state index contributed by atoms with van der Waals surface area (Å²) in [6.07, 6.45) is 0. The number of aromatic nitrogens is 2. The molecule has 28 heavy (non-hydrogen) atoms. The summed E-state index contributed by atoms with van der Waals surface area (Å²) in [4.78, 5) is 49.8. The zero-order valence-corrected chi connectivity index (χ0v) is 15.1. The topological polar surface area (TPSA) is 113 Å². The van der Waals surface area contributed by atoms with Gasteiger partial charge >= 0.3 is 11.1 Å². The quantitative estimate of drug-likeness (QED) is 0.598. The first-order chi connectivity index (χ1) is 13.3. The number of halogens is 1. The summed E-state index contributed by atoms with van der Waals surface area (Å²) >= 11 is 0. The highest BCUT2D eigenvalue weighted by molar-refractivity contribution is 6.06. The Labute approximate surface area is 158 Å². The molecule has 2 aromatic carbocycles. The van der Waals surface area contributed by atoms with E-state index in [0.29, 0.717) is 17.6 Å². The summed E-state index contributed by atoms with van der Waals surface area (Å²) in [5, 5.41) is 4.94. The molecular weight excluding hydrogens is 367 g/mol. The van der Waals surface area contributed by atoms with E-state index in [9.17, 15) is 23.6 Å². The number of hydrogen-bond acceptors (Lipinski definition) is 4. The molecule has 0 unspecified atom stereocenters. The molecular formula is C19H17FN4O4. The lowest BCUT2D eigenvalue weighted by Crippen LogP contribution is -2.36. The number of rotatable bonds is 4. The normalized spacial score (nSPS) is 10.7. The van der Waals surface area contributed by atoms with Gasteiger partial charge in [-0.25, -0.2) is 4.39 Å². The van der Waals surface area contributed by atoms with Crippen molar-refractivity contribution in [3.63, 3.8) is 0 Å². The number of aromatic amines is 1. The van der Waals surface area contributed by atoms with Crippen molar-refractivity contribution in [1.82, 2.24) is 9.55 Å². The summed E-state index contributed by atoms with van der Waals surface area (Å²) in [6.45, 7) is 3.30. The van der Waals surface area contributed by atoms with E-state index >= 15 is 0 Å². The van der Waals surface area contributed by atoms with E-state index in [4.69, 9.17) is 0 Å². The molecule has 144 valence electrons. The molecule has 3 N–H and O–H groups in total. The van der Waals surface area contributed by atoms with Crippen LogP contribution < -0.4 is 21.8 Å². The number of nitrogens with zero attached hydrogens (tertiary/aromatic N) is 1. The van der Waals surface area contributed by atoms with Crippen molar-refractivity contribution in [2.24, 2.45) is 0 Å². The second kappa shape index (κ2) is 7.47. The highest BCUT2D eigenvalue weighted by atomic mass is 19.1. The highest BCUT2D eigenvalue weighted by Crippen LogP contribution is 2.21. The average Bonchev–Trinajstić information content (AvgIpc) is 2.64. The lowest BCUT2D eigenvalue weighted by molar-refractivity contribution is -0.114. The number of amides is 2. The minimum Gasteiger partial charge on any atom is -0.324 e. The highest BCUT2D eigenvalue weighted by Gasteiger charge is 2.12. The van der Waals surface area contributed by atoms with Gasteiger partial charge in [0.05, 0.1) is 16.7 Å². The van der Waals surface area contributed by atoms with Crippen molar-refractivity contribution < 1.29 is 14.0 Å². The van der Waals surface area contributed by atoms with Crippen molar-refractivity contribution in [1.29, 1.82) is 0 Å². The van der Waals surface area contributed by atoms with Gasteiger partial charge < -0.3 is 20.2 Å². The number of fused-ring (bicyclic) bond motifs is 1. The first kappa shape index (κ1) is 19.0. The number of nitrogens with one attached hydrogen (secondary N) is 3. The van der Waals surface area contributed by atoms with Gasteiger partial charge in [-0.05, 0) is 43.3 Å². The third-order valence-electron chi connectivity index (χ3n) is 4.09. The van der Waals surface area contributed by atoms with Crippen LogP contribution in [0.3, 0.4) is 0 Å². The molecule has 0 aliphatic rings. The molecule has 8 nitrogen and oxygen atoms in total. The Morgan fingerprint density at radius 3 is 2.54 bits per heavy atom. The predicted octanol–water partition coefficient (Wildman–Crippen LogP) is 2.06. The molecule has 0 saturated heterocycles. The van der Waals surface area contributed by atoms with Gasteiger partial charge in [0.2, 0.25) is 5.91 Å². The molecule has 0 aliphatic carbocycles. The largest absolute Gasteiger partial charge is 0.324 e. The van der Waals surface area contributed by atoms with Crippen molar-refractivity contribution in [3.8, 4) is 0 Å². The fourth-order valence-corrected chi connectivity index (χ4v) is 2.83. The summed E-state index contributed by atoms with van der Waals surface area (Å²) in [5.74, 6) is -1.57. The molecule has 9 heteroatoms. The minimum absolute atomic E-state index is 0.0555. The molecule has 3 rings (SSSR count). The van der Waals surface area contributed by atoms with E-state index in [1.165, 1.54) is 35.8 Å². The van der Waals surface area contributed by atoms with Crippen LogP contribution >= 0.6 is 0 Å². The predicted molar refractivity (Wildman–Crippen MR) is 103 cm³/mol. The smallest absolute Gasteiger partial charge is 0.316 e. The van der Waals surface area contributed by atoms with Crippen LogP contribution in [0.5, 0.6) is 0 Å². The van der Waals surface area contributed by atoms with Crippen LogP contribution in [0, 0.1) is 5.82 Å². The Bertz CT molecular complexity index is 1210. The van der Waals surface area contributed by atoms with E-state index in [-0.39, 0.29) is 16.9 Å². The molecule has 3 aromatic rings. The number of carbonyl (C=O) groups excluding carboxylic acids is 2. The van der Waals surface area contributed by atoms with Crippen LogP contribution in [0.2, 0.25) is 0 Å². The van der Waals surface area contributed by atoms with Crippen molar-refractivity contribution in [2.45, 2.75) is 20.4 Å². The van der Waals surface area contributed by atoms with Crippen LogP contribution in [0.15, 0.2) is 46.0 Å². The van der Waals surface area contributed by atoms with Gasteiger partial charge in [-0.2, -0.15) is 0 Å². The molecule has 1 heterocycles. The molecule has 1 aromatic heterocycles. The molecule has 2 amide bonds. The van der Waals surface area contributed by atoms with Gasteiger partial charge in [-0.1, -0.05) is 0 Å². The molecule has 0 fully saturated rings. The number of carbonyl (C=O) groups is 2. The summed E-state index contributed by atoms with van der Waals surface area (Å²) in [5.41, 5.74) is -0.137. The Morgan fingerprint density at radius 2 is 1.86 bits per heavy atom. The number of H-pyrrole nitrogens is 1. The summed E-state index contributed by atoms with van der Waals surface area (Å²) in [7, 11) is 0. The number of aryl methyl sites for hydroxylation is 1. The van der Waals surface area contributed by atoms with Crippen LogP contribution in [0.25, 0.3) is 11.0 Å². The van der Waals surface area contributed by atoms with Gasteiger partial charge in [0, 0.05) is 24.7 Å². The van der Waals surface area contributed by atoms with Gasteiger partial charge in [0.25, 0.3) is 5.91 Å². The van der Waals surface area contributed by atoms with Crippen molar-refractivity contribution >= 4 is 34.2 Å². The van der Waals surface area contributed by atoms with E-state index in [1.54, 1.807) is 13.0 Å². The van der Waals surface area contributed by atoms with E-state index in [1.807, 2.05) is 0 Å². The first-order valence-corrected chi connectivity index (χ1v) is 8.45. The Kier molecular flexibility index (Phi) is 5.08. The number of hydrogen-bond donors (Lipinski definition) is 3. The second-order valence-electron chi connectivity index (χ2n) is 6.07. The summed E-state index contributed by atoms with van der Waals surface area (Å²) < 4.78 is 15.0. The summed E-state index contributed by atoms with van der Waals surface area (Å²) in [6, 6.07) is 8.31. The van der Waals surface area contributed by atoms with Crippen LogP contribution in [0.1, 0.15) is 24.2 Å². The molecule has 0 bridgehead atoms.